The molecule has 0 atom stereocenters. The van der Waals surface area contributed by atoms with Crippen molar-refractivity contribution in [3.05, 3.63) is 47.0 Å². The zero-order valence-corrected chi connectivity index (χ0v) is 21.4. The van der Waals surface area contributed by atoms with Crippen LogP contribution in [0.2, 0.25) is 0 Å². The summed E-state index contributed by atoms with van der Waals surface area (Å²) in [5.41, 5.74) is 0.774. The SMILES string of the molecule is Cc1cc2c(N3CCN(C(=O)O)CC3)c(C#N)c(N3CC(N(C)C)C3)nc2c(F)c1-c1c(O)cccc1F. The van der Waals surface area contributed by atoms with Crippen LogP contribution in [0, 0.1) is 29.9 Å². The van der Waals surface area contributed by atoms with Gasteiger partial charge < -0.3 is 29.8 Å². The van der Waals surface area contributed by atoms with Crippen molar-refractivity contribution in [1.29, 1.82) is 5.26 Å². The number of phenolic OH excluding ortho intramolecular Hbond substituents is 1. The number of aromatic nitrogens is 1. The lowest BCUT2D eigenvalue weighted by molar-refractivity contribution is 0.142. The molecule has 0 aliphatic carbocycles. The number of hydrogen-bond acceptors (Lipinski definition) is 7. The number of phenols is 1. The minimum absolute atomic E-state index is 0.0359. The largest absolute Gasteiger partial charge is 0.507 e. The summed E-state index contributed by atoms with van der Waals surface area (Å²) in [6.07, 6.45) is -1.02. The summed E-state index contributed by atoms with van der Waals surface area (Å²) >= 11 is 0. The molecule has 2 fully saturated rings. The number of pyridine rings is 1. The van der Waals surface area contributed by atoms with Crippen molar-refractivity contribution in [1.82, 2.24) is 14.8 Å². The summed E-state index contributed by atoms with van der Waals surface area (Å²) < 4.78 is 31.2. The van der Waals surface area contributed by atoms with Crippen LogP contribution >= 0.6 is 0 Å². The van der Waals surface area contributed by atoms with Gasteiger partial charge in [-0.05, 0) is 44.8 Å². The number of carboxylic acid groups (broad SMARTS) is 1. The number of nitriles is 1. The number of benzene rings is 2. The molecule has 0 spiro atoms. The van der Waals surface area contributed by atoms with E-state index in [0.717, 1.165) is 6.07 Å². The Morgan fingerprint density at radius 3 is 2.39 bits per heavy atom. The molecule has 0 bridgehead atoms. The van der Waals surface area contributed by atoms with E-state index >= 15 is 4.39 Å². The summed E-state index contributed by atoms with van der Waals surface area (Å²) in [5, 5.41) is 30.5. The number of nitrogens with zero attached hydrogens (tertiary/aromatic N) is 6. The van der Waals surface area contributed by atoms with Crippen molar-refractivity contribution in [2.45, 2.75) is 13.0 Å². The van der Waals surface area contributed by atoms with Crippen LogP contribution in [0.25, 0.3) is 22.0 Å². The minimum Gasteiger partial charge on any atom is -0.507 e. The Morgan fingerprint density at radius 1 is 1.13 bits per heavy atom. The molecule has 1 aromatic heterocycles. The van der Waals surface area contributed by atoms with E-state index in [4.69, 9.17) is 0 Å². The standard InChI is InChI=1S/C27H28F2N6O3/c1-15-11-17-24(23(29)21(15)22-19(28)5-4-6-20(22)36)31-26(35-13-16(14-35)32(2)3)18(12-30)25(17)33-7-9-34(10-8-33)27(37)38/h4-6,11,16,36H,7-10,13-14H2,1-3H3,(H,37,38). The number of carbonyl (C=O) groups is 1. The molecule has 2 aromatic carbocycles. The zero-order chi connectivity index (χ0) is 27.3. The van der Waals surface area contributed by atoms with Gasteiger partial charge in [0.2, 0.25) is 0 Å². The van der Waals surface area contributed by atoms with Crippen molar-refractivity contribution >= 4 is 28.5 Å². The van der Waals surface area contributed by atoms with Crippen molar-refractivity contribution in [2.24, 2.45) is 0 Å². The van der Waals surface area contributed by atoms with E-state index < -0.39 is 17.7 Å². The second-order valence-corrected chi connectivity index (χ2v) is 9.96. The van der Waals surface area contributed by atoms with E-state index in [9.17, 15) is 24.7 Å². The van der Waals surface area contributed by atoms with E-state index in [0.29, 0.717) is 54.2 Å². The Bertz CT molecular complexity index is 1450. The predicted octanol–water partition coefficient (Wildman–Crippen LogP) is 3.62. The number of hydrogen-bond donors (Lipinski definition) is 2. The third kappa shape index (κ3) is 4.11. The van der Waals surface area contributed by atoms with Crippen molar-refractivity contribution in [3.63, 3.8) is 0 Å². The minimum atomic E-state index is -1.02. The number of amides is 1. The maximum absolute atomic E-state index is 16.3. The lowest BCUT2D eigenvalue weighted by Crippen LogP contribution is -2.58. The van der Waals surface area contributed by atoms with Gasteiger partial charge in [-0.25, -0.2) is 18.6 Å². The van der Waals surface area contributed by atoms with Crippen LogP contribution in [-0.4, -0.2) is 90.5 Å². The highest BCUT2D eigenvalue weighted by atomic mass is 19.1. The normalized spacial score (nSPS) is 16.2. The first-order chi connectivity index (χ1) is 18.1. The van der Waals surface area contributed by atoms with E-state index in [1.165, 1.54) is 17.0 Å². The highest BCUT2D eigenvalue weighted by Gasteiger charge is 2.35. The van der Waals surface area contributed by atoms with Crippen LogP contribution in [0.1, 0.15) is 11.1 Å². The molecular formula is C27H28F2N6O3. The Hall–Kier alpha value is -4.17. The first kappa shape index (κ1) is 25.5. The molecule has 9 nitrogen and oxygen atoms in total. The topological polar surface area (TPSA) is 107 Å². The van der Waals surface area contributed by atoms with Gasteiger partial charge >= 0.3 is 6.09 Å². The predicted molar refractivity (Wildman–Crippen MR) is 140 cm³/mol. The van der Waals surface area contributed by atoms with Gasteiger partial charge in [0.15, 0.2) is 5.82 Å². The highest BCUT2D eigenvalue weighted by Crippen LogP contribution is 2.43. The molecule has 5 rings (SSSR count). The Kier molecular flexibility index (Phi) is 6.44. The molecule has 0 radical (unpaired) electrons. The first-order valence-corrected chi connectivity index (χ1v) is 12.3. The number of likely N-dealkylation sites (N-methyl/N-ethyl adjacent to an activating group) is 1. The van der Waals surface area contributed by atoms with Gasteiger partial charge in [0, 0.05) is 56.3 Å². The third-order valence-electron chi connectivity index (χ3n) is 7.48. The summed E-state index contributed by atoms with van der Waals surface area (Å²) in [5.74, 6) is -1.61. The lowest BCUT2D eigenvalue weighted by Gasteiger charge is -2.44. The molecule has 198 valence electrons. The summed E-state index contributed by atoms with van der Waals surface area (Å²) in [6.45, 7) is 3.91. The fraction of sp³-hybridized carbons (Fsp3) is 0.370. The summed E-state index contributed by atoms with van der Waals surface area (Å²) in [7, 11) is 3.92. The number of halogens is 2. The van der Waals surface area contributed by atoms with E-state index in [2.05, 4.69) is 16.0 Å². The molecule has 38 heavy (non-hydrogen) atoms. The number of aromatic hydroxyl groups is 1. The van der Waals surface area contributed by atoms with Gasteiger partial charge in [-0.3, -0.25) is 0 Å². The van der Waals surface area contributed by atoms with Gasteiger partial charge in [0.1, 0.15) is 34.5 Å². The molecule has 2 aliphatic rings. The average Bonchev–Trinajstić information content (AvgIpc) is 2.84. The molecule has 2 saturated heterocycles. The maximum atomic E-state index is 16.3. The van der Waals surface area contributed by atoms with Gasteiger partial charge in [-0.2, -0.15) is 5.26 Å². The second-order valence-electron chi connectivity index (χ2n) is 9.96. The van der Waals surface area contributed by atoms with E-state index in [-0.39, 0.29) is 41.5 Å². The van der Waals surface area contributed by atoms with Crippen molar-refractivity contribution in [3.8, 4) is 22.9 Å². The first-order valence-electron chi connectivity index (χ1n) is 12.3. The molecule has 0 saturated carbocycles. The van der Waals surface area contributed by atoms with Crippen LogP contribution in [0.3, 0.4) is 0 Å². The number of aryl methyl sites for hydroxylation is 1. The molecule has 1 amide bonds. The molecule has 3 heterocycles. The quantitative estimate of drug-likeness (QED) is 0.535. The highest BCUT2D eigenvalue weighted by molar-refractivity contribution is 6.01. The Morgan fingerprint density at radius 2 is 1.82 bits per heavy atom. The maximum Gasteiger partial charge on any atom is 0.407 e. The molecule has 0 unspecified atom stereocenters. The smallest absolute Gasteiger partial charge is 0.407 e. The van der Waals surface area contributed by atoms with Crippen molar-refractivity contribution < 1.29 is 23.8 Å². The number of anilines is 2. The fourth-order valence-electron chi connectivity index (χ4n) is 5.26. The Labute approximate surface area is 218 Å². The van der Waals surface area contributed by atoms with Crippen molar-refractivity contribution in [2.75, 3.05) is 63.2 Å². The molecule has 11 heteroatoms. The van der Waals surface area contributed by atoms with E-state index in [1.54, 1.807) is 13.0 Å². The summed E-state index contributed by atoms with van der Waals surface area (Å²) in [6, 6.07) is 7.98. The van der Waals surface area contributed by atoms with Gasteiger partial charge in [0.05, 0.1) is 11.3 Å². The van der Waals surface area contributed by atoms with E-state index in [1.807, 2.05) is 23.9 Å². The average molecular weight is 523 g/mol. The van der Waals surface area contributed by atoms with Gasteiger partial charge in [-0.15, -0.1) is 0 Å². The van der Waals surface area contributed by atoms with Crippen LogP contribution in [0.4, 0.5) is 25.1 Å². The monoisotopic (exact) mass is 522 g/mol. The lowest BCUT2D eigenvalue weighted by atomic mass is 9.94. The fourth-order valence-corrected chi connectivity index (χ4v) is 5.26. The zero-order valence-electron chi connectivity index (χ0n) is 21.4. The summed E-state index contributed by atoms with van der Waals surface area (Å²) in [4.78, 5) is 23.3. The van der Waals surface area contributed by atoms with Crippen LogP contribution < -0.4 is 9.80 Å². The second kappa shape index (κ2) is 9.61. The van der Waals surface area contributed by atoms with Crippen LogP contribution in [-0.2, 0) is 0 Å². The van der Waals surface area contributed by atoms with Crippen LogP contribution in [0.5, 0.6) is 5.75 Å². The number of fused-ring (bicyclic) bond motifs is 1. The van der Waals surface area contributed by atoms with Gasteiger partial charge in [0.25, 0.3) is 0 Å². The molecule has 2 N–H and O–H groups in total. The molecular weight excluding hydrogens is 494 g/mol. The van der Waals surface area contributed by atoms with Crippen LogP contribution in [0.15, 0.2) is 24.3 Å². The number of piperazine rings is 1. The molecule has 2 aliphatic heterocycles. The Balaban J connectivity index is 1.74. The van der Waals surface area contributed by atoms with Gasteiger partial charge in [-0.1, -0.05) is 6.07 Å². The third-order valence-corrected chi connectivity index (χ3v) is 7.48. The molecule has 3 aromatic rings. The number of rotatable bonds is 4.